The van der Waals surface area contributed by atoms with Gasteiger partial charge in [0.15, 0.2) is 5.96 Å². The molecule has 3 fully saturated rings. The van der Waals surface area contributed by atoms with E-state index in [1.165, 1.54) is 58.2 Å². The zero-order valence-electron chi connectivity index (χ0n) is 16.1. The molecular formula is C19H37IN4O. The molecule has 0 spiro atoms. The molecule has 0 bridgehead atoms. The van der Waals surface area contributed by atoms with Crippen molar-refractivity contribution in [3.05, 3.63) is 0 Å². The Labute approximate surface area is 171 Å². The van der Waals surface area contributed by atoms with Crippen LogP contribution in [0, 0.1) is 11.8 Å². The summed E-state index contributed by atoms with van der Waals surface area (Å²) in [7, 11) is 1.79. The number of hydrogen-bond acceptors (Lipinski definition) is 3. The molecule has 0 amide bonds. The molecule has 3 aliphatic rings. The molecule has 3 atom stereocenters. The maximum absolute atomic E-state index is 5.25. The molecule has 0 aromatic rings. The molecule has 0 aromatic carbocycles. The molecule has 1 aliphatic carbocycles. The normalized spacial score (nSPS) is 30.2. The lowest BCUT2D eigenvalue weighted by Gasteiger charge is -2.25. The van der Waals surface area contributed by atoms with E-state index in [4.69, 9.17) is 9.73 Å². The molecular weight excluding hydrogens is 427 g/mol. The molecule has 6 heteroatoms. The van der Waals surface area contributed by atoms with Crippen molar-refractivity contribution < 1.29 is 4.74 Å². The largest absolute Gasteiger partial charge is 0.383 e. The van der Waals surface area contributed by atoms with Gasteiger partial charge >= 0.3 is 0 Å². The van der Waals surface area contributed by atoms with Gasteiger partial charge in [0.1, 0.15) is 0 Å². The first kappa shape index (κ1) is 21.2. The third kappa shape index (κ3) is 5.70. The number of fused-ring (bicyclic) bond motifs is 1. The molecule has 3 unspecified atom stereocenters. The highest BCUT2D eigenvalue weighted by atomic mass is 127. The Morgan fingerprint density at radius 1 is 1.12 bits per heavy atom. The highest BCUT2D eigenvalue weighted by molar-refractivity contribution is 14.0. The fraction of sp³-hybridized carbons (Fsp3) is 0.947. The number of aliphatic imine (C=N–C) groups is 1. The van der Waals surface area contributed by atoms with Crippen molar-refractivity contribution in [1.29, 1.82) is 0 Å². The molecule has 2 saturated heterocycles. The second kappa shape index (κ2) is 10.9. The Hall–Kier alpha value is -0.0800. The Balaban J connectivity index is 0.00000225. The predicted molar refractivity (Wildman–Crippen MR) is 115 cm³/mol. The van der Waals surface area contributed by atoms with Crippen molar-refractivity contribution in [2.75, 3.05) is 53.0 Å². The molecule has 1 N–H and O–H groups in total. The van der Waals surface area contributed by atoms with Crippen LogP contribution < -0.4 is 5.32 Å². The molecule has 3 rings (SSSR count). The van der Waals surface area contributed by atoms with Crippen LogP contribution in [0.3, 0.4) is 0 Å². The zero-order chi connectivity index (χ0) is 16.8. The van der Waals surface area contributed by atoms with Crippen LogP contribution in [-0.4, -0.2) is 74.8 Å². The number of nitrogens with one attached hydrogen (secondary N) is 1. The van der Waals surface area contributed by atoms with Gasteiger partial charge in [-0.1, -0.05) is 12.8 Å². The van der Waals surface area contributed by atoms with E-state index in [-0.39, 0.29) is 24.0 Å². The summed E-state index contributed by atoms with van der Waals surface area (Å²) in [5, 5.41) is 3.55. The van der Waals surface area contributed by atoms with Crippen molar-refractivity contribution in [3.8, 4) is 0 Å². The third-order valence-electron chi connectivity index (χ3n) is 6.14. The minimum absolute atomic E-state index is 0. The third-order valence-corrected chi connectivity index (χ3v) is 6.14. The minimum atomic E-state index is 0. The van der Waals surface area contributed by atoms with Gasteiger partial charge in [-0.15, -0.1) is 24.0 Å². The number of rotatable bonds is 6. The van der Waals surface area contributed by atoms with Crippen molar-refractivity contribution in [1.82, 2.24) is 15.1 Å². The van der Waals surface area contributed by atoms with Gasteiger partial charge in [0.2, 0.25) is 0 Å². The maximum Gasteiger partial charge on any atom is 0.193 e. The van der Waals surface area contributed by atoms with Crippen LogP contribution in [0.15, 0.2) is 4.99 Å². The molecule has 1 saturated carbocycles. The van der Waals surface area contributed by atoms with Crippen molar-refractivity contribution >= 4 is 29.9 Å². The summed E-state index contributed by atoms with van der Waals surface area (Å²) in [6.45, 7) is 9.58. The topological polar surface area (TPSA) is 40.1 Å². The number of halogens is 1. The summed E-state index contributed by atoms with van der Waals surface area (Å²) in [5.74, 6) is 2.98. The molecule has 5 nitrogen and oxygen atoms in total. The lowest BCUT2D eigenvalue weighted by atomic mass is 9.82. The van der Waals surface area contributed by atoms with E-state index in [1.54, 1.807) is 7.11 Å². The summed E-state index contributed by atoms with van der Waals surface area (Å²) in [6.07, 6.45) is 8.28. The summed E-state index contributed by atoms with van der Waals surface area (Å²) in [4.78, 5) is 10.1. The smallest absolute Gasteiger partial charge is 0.193 e. The van der Waals surface area contributed by atoms with Crippen LogP contribution in [0.25, 0.3) is 0 Å². The Morgan fingerprint density at radius 2 is 1.84 bits per heavy atom. The monoisotopic (exact) mass is 464 g/mol. The number of ether oxygens (including phenoxy) is 1. The standard InChI is InChI=1S/C19H36N4O.HI/c1-3-20-19(23-14-16-7-4-5-8-17(16)15-23)21-13-18-9-6-10-22(18)11-12-24-2;/h16-18H,3-15H2,1-2H3,(H,20,21);1H. The van der Waals surface area contributed by atoms with E-state index < -0.39 is 0 Å². The van der Waals surface area contributed by atoms with Crippen molar-refractivity contribution in [2.45, 2.75) is 51.5 Å². The molecule has 146 valence electrons. The van der Waals surface area contributed by atoms with E-state index in [2.05, 4.69) is 22.0 Å². The van der Waals surface area contributed by atoms with E-state index in [0.29, 0.717) is 6.04 Å². The van der Waals surface area contributed by atoms with Gasteiger partial charge in [-0.2, -0.15) is 0 Å². The lowest BCUT2D eigenvalue weighted by Crippen LogP contribution is -2.42. The lowest BCUT2D eigenvalue weighted by molar-refractivity contribution is 0.142. The molecule has 2 aliphatic heterocycles. The summed E-state index contributed by atoms with van der Waals surface area (Å²) in [6, 6.07) is 0.596. The SMILES string of the molecule is CCNC(=NCC1CCCN1CCOC)N1CC2CCCCC2C1.I. The first-order chi connectivity index (χ1) is 11.8. The quantitative estimate of drug-likeness (QED) is 0.373. The van der Waals surface area contributed by atoms with Gasteiger partial charge in [0, 0.05) is 39.3 Å². The highest BCUT2D eigenvalue weighted by Gasteiger charge is 2.35. The number of likely N-dealkylation sites (tertiary alicyclic amines) is 2. The van der Waals surface area contributed by atoms with Gasteiger partial charge in [-0.3, -0.25) is 9.89 Å². The second-order valence-corrected chi connectivity index (χ2v) is 7.73. The number of methoxy groups -OCH3 is 1. The number of guanidine groups is 1. The summed E-state index contributed by atoms with van der Waals surface area (Å²) in [5.41, 5.74) is 0. The van der Waals surface area contributed by atoms with Crippen LogP contribution >= 0.6 is 24.0 Å². The van der Waals surface area contributed by atoms with E-state index in [9.17, 15) is 0 Å². The van der Waals surface area contributed by atoms with E-state index in [0.717, 1.165) is 44.0 Å². The van der Waals surface area contributed by atoms with E-state index >= 15 is 0 Å². The van der Waals surface area contributed by atoms with Crippen LogP contribution in [0.5, 0.6) is 0 Å². The predicted octanol–water partition coefficient (Wildman–Crippen LogP) is 2.80. The van der Waals surface area contributed by atoms with Gasteiger partial charge in [-0.05, 0) is 51.0 Å². The average Bonchev–Trinajstić information content (AvgIpc) is 3.23. The Morgan fingerprint density at radius 3 is 2.48 bits per heavy atom. The van der Waals surface area contributed by atoms with Gasteiger partial charge in [0.25, 0.3) is 0 Å². The zero-order valence-corrected chi connectivity index (χ0v) is 18.4. The summed E-state index contributed by atoms with van der Waals surface area (Å²) < 4.78 is 5.25. The minimum Gasteiger partial charge on any atom is -0.383 e. The molecule has 0 radical (unpaired) electrons. The van der Waals surface area contributed by atoms with Gasteiger partial charge in [0.05, 0.1) is 13.2 Å². The molecule has 0 aromatic heterocycles. The molecule has 2 heterocycles. The van der Waals surface area contributed by atoms with Crippen molar-refractivity contribution in [3.63, 3.8) is 0 Å². The summed E-state index contributed by atoms with van der Waals surface area (Å²) >= 11 is 0. The van der Waals surface area contributed by atoms with Crippen LogP contribution in [0.1, 0.15) is 45.4 Å². The van der Waals surface area contributed by atoms with Gasteiger partial charge < -0.3 is 15.0 Å². The van der Waals surface area contributed by atoms with Crippen molar-refractivity contribution in [2.24, 2.45) is 16.8 Å². The van der Waals surface area contributed by atoms with E-state index in [1.807, 2.05) is 0 Å². The maximum atomic E-state index is 5.25. The molecule has 25 heavy (non-hydrogen) atoms. The first-order valence-corrected chi connectivity index (χ1v) is 10.1. The van der Waals surface area contributed by atoms with Gasteiger partial charge in [-0.25, -0.2) is 0 Å². The Kier molecular flexibility index (Phi) is 9.27. The second-order valence-electron chi connectivity index (χ2n) is 7.73. The van der Waals surface area contributed by atoms with Crippen LogP contribution in [-0.2, 0) is 4.74 Å². The number of nitrogens with zero attached hydrogens (tertiary/aromatic N) is 3. The number of hydrogen-bond donors (Lipinski definition) is 1. The Bertz CT molecular complexity index is 406. The first-order valence-electron chi connectivity index (χ1n) is 10.1. The average molecular weight is 464 g/mol. The highest BCUT2D eigenvalue weighted by Crippen LogP contribution is 2.36. The fourth-order valence-corrected chi connectivity index (χ4v) is 4.80. The fourth-order valence-electron chi connectivity index (χ4n) is 4.80. The van der Waals surface area contributed by atoms with Crippen LogP contribution in [0.4, 0.5) is 0 Å². The van der Waals surface area contributed by atoms with Crippen LogP contribution in [0.2, 0.25) is 0 Å².